The van der Waals surface area contributed by atoms with Crippen LogP contribution >= 0.6 is 11.3 Å². The van der Waals surface area contributed by atoms with Gasteiger partial charge in [0.2, 0.25) is 0 Å². The van der Waals surface area contributed by atoms with E-state index in [-0.39, 0.29) is 0 Å². The van der Waals surface area contributed by atoms with E-state index in [1.807, 2.05) is 31.4 Å². The summed E-state index contributed by atoms with van der Waals surface area (Å²) in [7, 11) is 0. The van der Waals surface area contributed by atoms with Crippen LogP contribution in [0.3, 0.4) is 0 Å². The molecule has 4 heterocycles. The Hall–Kier alpha value is -2.93. The molecule has 24 heavy (non-hydrogen) atoms. The first-order valence-corrected chi connectivity index (χ1v) is 8.31. The summed E-state index contributed by atoms with van der Waals surface area (Å²) in [6.45, 7) is 3.93. The van der Waals surface area contributed by atoms with Gasteiger partial charge in [-0.1, -0.05) is 6.07 Å². The molecule has 0 aliphatic heterocycles. The molecule has 0 fully saturated rings. The van der Waals surface area contributed by atoms with E-state index in [4.69, 9.17) is 0 Å². The van der Waals surface area contributed by atoms with Gasteiger partial charge >= 0.3 is 0 Å². The molecule has 0 saturated carbocycles. The third-order valence-electron chi connectivity index (χ3n) is 3.54. The van der Waals surface area contributed by atoms with Crippen LogP contribution in [-0.4, -0.2) is 24.9 Å². The van der Waals surface area contributed by atoms with Gasteiger partial charge in [0.1, 0.15) is 11.3 Å². The highest BCUT2D eigenvalue weighted by molar-refractivity contribution is 7.09. The second kappa shape index (κ2) is 5.93. The fraction of sp³-hybridized carbons (Fsp3) is 0.118. The predicted octanol–water partition coefficient (Wildman–Crippen LogP) is 3.90. The Morgan fingerprint density at radius 2 is 1.83 bits per heavy atom. The van der Waals surface area contributed by atoms with Crippen molar-refractivity contribution in [1.82, 2.24) is 24.9 Å². The van der Waals surface area contributed by atoms with E-state index in [2.05, 4.69) is 30.2 Å². The number of nitrogens with one attached hydrogen (secondary N) is 1. The van der Waals surface area contributed by atoms with Gasteiger partial charge in [0.25, 0.3) is 0 Å². The molecule has 4 aromatic rings. The summed E-state index contributed by atoms with van der Waals surface area (Å²) >= 11 is 1.59. The average Bonchev–Trinajstić information content (AvgIpc) is 3.01. The number of fused-ring (bicyclic) bond motifs is 1. The molecule has 0 saturated heterocycles. The van der Waals surface area contributed by atoms with Crippen LogP contribution < -0.4 is 5.32 Å². The van der Waals surface area contributed by atoms with Gasteiger partial charge in [-0.25, -0.2) is 24.9 Å². The molecule has 0 amide bonds. The first-order chi connectivity index (χ1) is 11.7. The van der Waals surface area contributed by atoms with Gasteiger partial charge in [0.15, 0.2) is 11.6 Å². The zero-order valence-corrected chi connectivity index (χ0v) is 14.0. The van der Waals surface area contributed by atoms with Gasteiger partial charge in [-0.3, -0.25) is 0 Å². The SMILES string of the molecule is Cc1ccc2c(-c3ncccn3)cnc(Nc3csc(C)n3)c2n1. The van der Waals surface area contributed by atoms with Crippen molar-refractivity contribution in [3.8, 4) is 11.4 Å². The molecule has 4 rings (SSSR count). The van der Waals surface area contributed by atoms with Gasteiger partial charge in [0.05, 0.1) is 5.01 Å². The third kappa shape index (κ3) is 2.69. The summed E-state index contributed by atoms with van der Waals surface area (Å²) in [5.41, 5.74) is 2.57. The van der Waals surface area contributed by atoms with E-state index in [1.165, 1.54) is 0 Å². The molecule has 7 heteroatoms. The van der Waals surface area contributed by atoms with Crippen molar-refractivity contribution in [2.24, 2.45) is 0 Å². The Morgan fingerprint density at radius 3 is 2.58 bits per heavy atom. The molecule has 0 aromatic carbocycles. The lowest BCUT2D eigenvalue weighted by molar-refractivity contribution is 1.16. The van der Waals surface area contributed by atoms with Crippen LogP contribution in [0.25, 0.3) is 22.3 Å². The first kappa shape index (κ1) is 14.6. The molecule has 0 unspecified atom stereocenters. The van der Waals surface area contributed by atoms with Gasteiger partial charge in [-0.2, -0.15) is 0 Å². The van der Waals surface area contributed by atoms with Crippen molar-refractivity contribution in [3.63, 3.8) is 0 Å². The minimum absolute atomic E-state index is 0.636. The fourth-order valence-corrected chi connectivity index (χ4v) is 3.01. The number of nitrogens with zero attached hydrogens (tertiary/aromatic N) is 5. The number of hydrogen-bond donors (Lipinski definition) is 1. The quantitative estimate of drug-likeness (QED) is 0.612. The Balaban J connectivity index is 1.89. The Morgan fingerprint density at radius 1 is 1.00 bits per heavy atom. The molecular formula is C17H14N6S. The van der Waals surface area contributed by atoms with Crippen LogP contribution in [0.2, 0.25) is 0 Å². The normalized spacial score (nSPS) is 10.9. The highest BCUT2D eigenvalue weighted by atomic mass is 32.1. The van der Waals surface area contributed by atoms with Crippen LogP contribution in [0.4, 0.5) is 11.6 Å². The number of rotatable bonds is 3. The van der Waals surface area contributed by atoms with Crippen LogP contribution in [0.1, 0.15) is 10.7 Å². The van der Waals surface area contributed by atoms with Crippen molar-refractivity contribution in [2.45, 2.75) is 13.8 Å². The molecule has 0 aliphatic rings. The highest BCUT2D eigenvalue weighted by Gasteiger charge is 2.13. The number of hydrogen-bond acceptors (Lipinski definition) is 7. The molecule has 0 bridgehead atoms. The van der Waals surface area contributed by atoms with E-state index in [0.717, 1.165) is 33.0 Å². The summed E-state index contributed by atoms with van der Waals surface area (Å²) < 4.78 is 0. The lowest BCUT2D eigenvalue weighted by atomic mass is 10.1. The van der Waals surface area contributed by atoms with Crippen LogP contribution in [-0.2, 0) is 0 Å². The zero-order valence-electron chi connectivity index (χ0n) is 13.2. The molecule has 1 N–H and O–H groups in total. The van der Waals surface area contributed by atoms with Gasteiger partial charge in [-0.05, 0) is 26.0 Å². The minimum atomic E-state index is 0.636. The van der Waals surface area contributed by atoms with Crippen LogP contribution in [0, 0.1) is 13.8 Å². The second-order valence-electron chi connectivity index (χ2n) is 5.32. The molecular weight excluding hydrogens is 320 g/mol. The highest BCUT2D eigenvalue weighted by Crippen LogP contribution is 2.30. The van der Waals surface area contributed by atoms with Crippen molar-refractivity contribution in [2.75, 3.05) is 5.32 Å². The van der Waals surface area contributed by atoms with Crippen molar-refractivity contribution in [1.29, 1.82) is 0 Å². The van der Waals surface area contributed by atoms with E-state index in [0.29, 0.717) is 11.6 Å². The monoisotopic (exact) mass is 334 g/mol. The molecule has 0 aliphatic carbocycles. The zero-order chi connectivity index (χ0) is 16.5. The van der Waals surface area contributed by atoms with Crippen molar-refractivity contribution in [3.05, 3.63) is 52.9 Å². The van der Waals surface area contributed by atoms with E-state index >= 15 is 0 Å². The third-order valence-corrected chi connectivity index (χ3v) is 4.32. The Bertz CT molecular complexity index is 1010. The van der Waals surface area contributed by atoms with Crippen LogP contribution in [0.5, 0.6) is 0 Å². The second-order valence-corrected chi connectivity index (χ2v) is 6.38. The smallest absolute Gasteiger partial charge is 0.161 e. The van der Waals surface area contributed by atoms with E-state index < -0.39 is 0 Å². The minimum Gasteiger partial charge on any atom is -0.322 e. The number of anilines is 2. The summed E-state index contributed by atoms with van der Waals surface area (Å²) in [5, 5.41) is 7.18. The lowest BCUT2D eigenvalue weighted by Gasteiger charge is -2.10. The Labute approximate surface area is 142 Å². The van der Waals surface area contributed by atoms with E-state index in [9.17, 15) is 0 Å². The molecule has 0 atom stereocenters. The lowest BCUT2D eigenvalue weighted by Crippen LogP contribution is -1.99. The molecule has 0 radical (unpaired) electrons. The standard InChI is InChI=1S/C17H14N6S/c1-10-4-5-12-13(16-18-6-3-7-19-16)8-20-17(15(12)21-10)23-14-9-24-11(2)22-14/h3-9H,1-2H3,(H,20,23). The number of aromatic nitrogens is 5. The van der Waals surface area contributed by atoms with Gasteiger partial charge in [-0.15, -0.1) is 11.3 Å². The van der Waals surface area contributed by atoms with Gasteiger partial charge in [0, 0.05) is 40.6 Å². The topological polar surface area (TPSA) is 76.5 Å². The number of pyridine rings is 2. The largest absolute Gasteiger partial charge is 0.322 e. The summed E-state index contributed by atoms with van der Waals surface area (Å²) in [5.74, 6) is 2.09. The maximum atomic E-state index is 4.66. The number of thiazole rings is 1. The molecule has 118 valence electrons. The van der Waals surface area contributed by atoms with Crippen molar-refractivity contribution >= 4 is 33.9 Å². The van der Waals surface area contributed by atoms with Gasteiger partial charge < -0.3 is 5.32 Å². The Kier molecular flexibility index (Phi) is 3.62. The maximum Gasteiger partial charge on any atom is 0.161 e. The fourth-order valence-electron chi connectivity index (χ4n) is 2.46. The van der Waals surface area contributed by atoms with Crippen LogP contribution in [0.15, 0.2) is 42.2 Å². The average molecular weight is 334 g/mol. The maximum absolute atomic E-state index is 4.66. The summed E-state index contributed by atoms with van der Waals surface area (Å²) in [6, 6.07) is 5.80. The first-order valence-electron chi connectivity index (χ1n) is 7.43. The molecule has 6 nitrogen and oxygen atoms in total. The summed E-state index contributed by atoms with van der Waals surface area (Å²) in [4.78, 5) is 22.3. The summed E-state index contributed by atoms with van der Waals surface area (Å²) in [6.07, 6.45) is 5.22. The number of aryl methyl sites for hydroxylation is 2. The molecule has 0 spiro atoms. The van der Waals surface area contributed by atoms with E-state index in [1.54, 1.807) is 36.0 Å². The van der Waals surface area contributed by atoms with Crippen molar-refractivity contribution < 1.29 is 0 Å². The molecule has 4 aromatic heterocycles. The predicted molar refractivity (Wildman–Crippen MR) is 95.4 cm³/mol.